The molecule has 3 aliphatic rings. The first kappa shape index (κ1) is 30.6. The van der Waals surface area contributed by atoms with Crippen LogP contribution in [0.3, 0.4) is 0 Å². The zero-order chi connectivity index (χ0) is 28.5. The Bertz CT molecular complexity index is 1150. The van der Waals surface area contributed by atoms with E-state index in [4.69, 9.17) is 23.9 Å². The van der Waals surface area contributed by atoms with E-state index in [0.717, 1.165) is 59.3 Å². The molecule has 2 N–H and O–H groups in total. The van der Waals surface area contributed by atoms with Gasteiger partial charge in [0.15, 0.2) is 5.76 Å². The van der Waals surface area contributed by atoms with Crippen molar-refractivity contribution >= 4 is 5.71 Å². The third kappa shape index (κ3) is 10.2. The number of rotatable bonds is 8. The molecule has 41 heavy (non-hydrogen) atoms. The second kappa shape index (κ2) is 17.5. The minimum Gasteiger partial charge on any atom is -0.497 e. The summed E-state index contributed by atoms with van der Waals surface area (Å²) in [5.74, 6) is 1.58. The number of hydrogen-bond acceptors (Lipinski definition) is 8. The van der Waals surface area contributed by atoms with Gasteiger partial charge in [-0.2, -0.15) is 0 Å². The Hall–Kier alpha value is -3.33. The van der Waals surface area contributed by atoms with Gasteiger partial charge in [0.1, 0.15) is 19.0 Å². The second-order valence-electron chi connectivity index (χ2n) is 10.3. The van der Waals surface area contributed by atoms with Gasteiger partial charge in [0.25, 0.3) is 0 Å². The van der Waals surface area contributed by atoms with E-state index in [2.05, 4.69) is 58.0 Å². The summed E-state index contributed by atoms with van der Waals surface area (Å²) in [6.45, 7) is 6.23. The number of likely N-dealkylation sites (tertiary alicyclic amines) is 1. The zero-order valence-corrected chi connectivity index (χ0v) is 24.7. The summed E-state index contributed by atoms with van der Waals surface area (Å²) < 4.78 is 24.2. The summed E-state index contributed by atoms with van der Waals surface area (Å²) in [5.41, 5.74) is 5.15. The summed E-state index contributed by atoms with van der Waals surface area (Å²) in [7, 11) is 3.61. The van der Waals surface area contributed by atoms with Crippen molar-refractivity contribution in [1.29, 1.82) is 0 Å². The van der Waals surface area contributed by atoms with Crippen LogP contribution in [0, 0.1) is 0 Å². The Morgan fingerprint density at radius 2 is 1.93 bits per heavy atom. The molecule has 0 unspecified atom stereocenters. The van der Waals surface area contributed by atoms with Gasteiger partial charge in [-0.15, -0.1) is 0 Å². The molecule has 2 aliphatic heterocycles. The summed E-state index contributed by atoms with van der Waals surface area (Å²) >= 11 is 0. The van der Waals surface area contributed by atoms with E-state index in [1.54, 1.807) is 7.11 Å². The van der Waals surface area contributed by atoms with E-state index in [9.17, 15) is 0 Å². The van der Waals surface area contributed by atoms with Crippen molar-refractivity contribution in [3.8, 4) is 0 Å². The maximum absolute atomic E-state index is 6.41. The Balaban J connectivity index is 1.54. The average Bonchev–Trinajstić information content (AvgIpc) is 3.16. The quantitative estimate of drug-likeness (QED) is 0.440. The molecule has 0 radical (unpaired) electrons. The lowest BCUT2D eigenvalue weighted by Crippen LogP contribution is -2.32. The number of aliphatic imine (C=N–C) groups is 1. The number of ether oxygens (including phenoxy) is 4. The number of nitrogens with zero attached hydrogens (tertiary/aromatic N) is 2. The Labute approximate surface area is 245 Å². The van der Waals surface area contributed by atoms with E-state index in [-0.39, 0.29) is 0 Å². The number of allylic oxidation sites excluding steroid dienone is 3. The molecular weight excluding hydrogens is 516 g/mol. The minimum atomic E-state index is 0.407. The predicted molar refractivity (Wildman–Crippen MR) is 164 cm³/mol. The van der Waals surface area contributed by atoms with Crippen LogP contribution in [0.4, 0.5) is 0 Å². The number of benzene rings is 1. The average molecular weight is 563 g/mol. The number of methoxy groups -OCH3 is 1. The molecule has 0 amide bonds. The molecule has 2 heterocycles. The van der Waals surface area contributed by atoms with Gasteiger partial charge in [0, 0.05) is 43.4 Å². The fourth-order valence-electron chi connectivity index (χ4n) is 5.07. The Morgan fingerprint density at radius 1 is 1.10 bits per heavy atom. The van der Waals surface area contributed by atoms with Crippen LogP contribution in [0.1, 0.15) is 43.2 Å². The molecule has 8 heteroatoms. The van der Waals surface area contributed by atoms with Crippen molar-refractivity contribution in [2.24, 2.45) is 4.99 Å². The first-order chi connectivity index (χ1) is 20.3. The van der Waals surface area contributed by atoms with E-state index in [1.807, 2.05) is 25.4 Å². The van der Waals surface area contributed by atoms with E-state index in [1.165, 1.54) is 19.3 Å². The fourth-order valence-corrected chi connectivity index (χ4v) is 5.07. The maximum Gasteiger partial charge on any atom is 0.162 e. The Morgan fingerprint density at radius 3 is 2.73 bits per heavy atom. The molecule has 4 rings (SSSR count). The molecule has 222 valence electrons. The van der Waals surface area contributed by atoms with Crippen molar-refractivity contribution in [1.82, 2.24) is 15.5 Å². The van der Waals surface area contributed by atoms with E-state index in [0.29, 0.717) is 52.5 Å². The smallest absolute Gasteiger partial charge is 0.162 e. The van der Waals surface area contributed by atoms with Crippen molar-refractivity contribution in [3.05, 3.63) is 94.8 Å². The number of piperidine rings is 1. The van der Waals surface area contributed by atoms with Gasteiger partial charge in [-0.05, 0) is 55.4 Å². The van der Waals surface area contributed by atoms with Gasteiger partial charge in [-0.25, -0.2) is 0 Å². The lowest BCUT2D eigenvalue weighted by Gasteiger charge is -2.26. The molecule has 1 aliphatic carbocycles. The largest absolute Gasteiger partial charge is 0.497 e. The predicted octanol–water partition coefficient (Wildman–Crippen LogP) is 4.82. The second-order valence-corrected chi connectivity index (χ2v) is 10.3. The lowest BCUT2D eigenvalue weighted by atomic mass is 10.0. The highest BCUT2D eigenvalue weighted by Crippen LogP contribution is 2.26. The van der Waals surface area contributed by atoms with Crippen molar-refractivity contribution < 1.29 is 18.9 Å². The van der Waals surface area contributed by atoms with Gasteiger partial charge in [0.05, 0.1) is 33.5 Å². The molecule has 1 fully saturated rings. The highest BCUT2D eigenvalue weighted by Gasteiger charge is 2.19. The summed E-state index contributed by atoms with van der Waals surface area (Å²) in [6, 6.07) is 8.42. The van der Waals surface area contributed by atoms with Crippen LogP contribution in [0.15, 0.2) is 88.6 Å². The standard InChI is InChI=1S/C33H46N4O4/c1-34-15-9-12-31-28-11-8-10-27(22-28)24-39-19-6-7-20-40-25-29-23-30(35-26-36-31)13-14-32(38-2)33(29)41-21-18-37-16-4-3-5-17-37/h6-11,13,15,22-23,34-35H,3-5,12,14,16-21,24-26H2,1-2H3/b7-6+,15-9-,36-31+. The van der Waals surface area contributed by atoms with Crippen LogP contribution in [0.2, 0.25) is 0 Å². The van der Waals surface area contributed by atoms with Crippen LogP contribution >= 0.6 is 0 Å². The highest BCUT2D eigenvalue weighted by molar-refractivity contribution is 6.01. The molecule has 0 aromatic heterocycles. The first-order valence-electron chi connectivity index (χ1n) is 14.8. The minimum absolute atomic E-state index is 0.407. The van der Waals surface area contributed by atoms with Crippen LogP contribution < -0.4 is 10.6 Å². The topological polar surface area (TPSA) is 76.6 Å². The monoisotopic (exact) mass is 562 g/mol. The third-order valence-corrected chi connectivity index (χ3v) is 7.26. The number of fused-ring (bicyclic) bond motifs is 3. The zero-order valence-electron chi connectivity index (χ0n) is 24.7. The molecule has 1 aromatic carbocycles. The molecule has 0 saturated carbocycles. The van der Waals surface area contributed by atoms with Crippen molar-refractivity contribution in [2.75, 3.05) is 66.9 Å². The molecule has 4 bridgehead atoms. The van der Waals surface area contributed by atoms with Gasteiger partial charge >= 0.3 is 0 Å². The van der Waals surface area contributed by atoms with Gasteiger partial charge in [-0.3, -0.25) is 9.89 Å². The van der Waals surface area contributed by atoms with Crippen molar-refractivity contribution in [3.63, 3.8) is 0 Å². The lowest BCUT2D eigenvalue weighted by molar-refractivity contribution is 0.123. The third-order valence-electron chi connectivity index (χ3n) is 7.26. The van der Waals surface area contributed by atoms with Gasteiger partial charge in [-0.1, -0.05) is 48.9 Å². The summed E-state index contributed by atoms with van der Waals surface area (Å²) in [5, 5.41) is 6.58. The normalized spacial score (nSPS) is 21.8. The summed E-state index contributed by atoms with van der Waals surface area (Å²) in [4.78, 5) is 7.44. The van der Waals surface area contributed by atoms with Gasteiger partial charge in [0.2, 0.25) is 0 Å². The summed E-state index contributed by atoms with van der Waals surface area (Å²) in [6.07, 6.45) is 17.5. The molecule has 1 saturated heterocycles. The van der Waals surface area contributed by atoms with Crippen molar-refractivity contribution in [2.45, 2.75) is 38.7 Å². The van der Waals surface area contributed by atoms with E-state index >= 15 is 0 Å². The molecule has 0 atom stereocenters. The van der Waals surface area contributed by atoms with E-state index < -0.39 is 0 Å². The molecule has 0 spiro atoms. The first-order valence-corrected chi connectivity index (χ1v) is 14.8. The Kier molecular flexibility index (Phi) is 13.1. The van der Waals surface area contributed by atoms with Crippen LogP contribution in [-0.4, -0.2) is 77.5 Å². The number of nitrogens with one attached hydrogen (secondary N) is 2. The van der Waals surface area contributed by atoms with Crippen LogP contribution in [-0.2, 0) is 25.6 Å². The fraction of sp³-hybridized carbons (Fsp3) is 0.485. The molecular formula is C33H46N4O4. The number of hydrogen-bond donors (Lipinski definition) is 2. The SMILES string of the molecule is CN/C=C\C/C1=N\CNC2=CCC(OC)=C(OCCN3CCCCC3)C(=C2)COC/C=C/COCc2cccc1c2. The van der Waals surface area contributed by atoms with Crippen LogP contribution in [0.5, 0.6) is 0 Å². The maximum atomic E-state index is 6.41. The van der Waals surface area contributed by atoms with Crippen LogP contribution in [0.25, 0.3) is 0 Å². The highest BCUT2D eigenvalue weighted by atomic mass is 16.5. The molecule has 1 aromatic rings. The van der Waals surface area contributed by atoms with Gasteiger partial charge < -0.3 is 29.6 Å². The molecule has 8 nitrogen and oxygen atoms in total.